The van der Waals surface area contributed by atoms with Crippen molar-refractivity contribution in [2.24, 2.45) is 11.8 Å². The average Bonchev–Trinajstić information content (AvgIpc) is 3.04. The van der Waals surface area contributed by atoms with Gasteiger partial charge in [-0.3, -0.25) is 0 Å². The Balaban J connectivity index is 1.38. The second kappa shape index (κ2) is 15.8. The van der Waals surface area contributed by atoms with E-state index in [1.54, 1.807) is 0 Å². The molecule has 0 unspecified atom stereocenters. The van der Waals surface area contributed by atoms with Gasteiger partial charge in [-0.2, -0.15) is 0 Å². The zero-order valence-electron chi connectivity index (χ0n) is 25.5. The van der Waals surface area contributed by atoms with Crippen molar-refractivity contribution in [3.63, 3.8) is 0 Å². The summed E-state index contributed by atoms with van der Waals surface area (Å²) in [6.45, 7) is 7.95. The molecule has 42 heavy (non-hydrogen) atoms. The normalized spacial score (nSPS) is 26.5. The molecular formula is C37H48O5. The Bertz CT molecular complexity index is 1150. The van der Waals surface area contributed by atoms with Gasteiger partial charge < -0.3 is 23.7 Å². The number of ether oxygens (including phenoxy) is 5. The fourth-order valence-corrected chi connectivity index (χ4v) is 6.36. The van der Waals surface area contributed by atoms with Gasteiger partial charge in [-0.15, -0.1) is 0 Å². The molecule has 5 rings (SSSR count). The van der Waals surface area contributed by atoms with Crippen molar-refractivity contribution in [2.75, 3.05) is 0 Å². The highest BCUT2D eigenvalue weighted by Gasteiger charge is 2.48. The fourth-order valence-electron chi connectivity index (χ4n) is 6.36. The minimum atomic E-state index is -0.567. The molecule has 0 spiro atoms. The molecule has 0 aromatic heterocycles. The minimum Gasteiger partial charge on any atom is -0.368 e. The van der Waals surface area contributed by atoms with Crippen molar-refractivity contribution >= 4 is 0 Å². The Labute approximate surface area is 252 Å². The van der Waals surface area contributed by atoms with Gasteiger partial charge in [0.05, 0.1) is 32.0 Å². The van der Waals surface area contributed by atoms with E-state index < -0.39 is 12.4 Å². The number of hydrogen-bond donors (Lipinski definition) is 0. The van der Waals surface area contributed by atoms with E-state index in [1.807, 2.05) is 54.6 Å². The Hall–Kier alpha value is -2.54. The summed E-state index contributed by atoms with van der Waals surface area (Å²) in [6, 6.07) is 30.8. The van der Waals surface area contributed by atoms with Crippen LogP contribution in [0.3, 0.4) is 0 Å². The zero-order chi connectivity index (χ0) is 29.1. The molecule has 7 atom stereocenters. The fraction of sp³-hybridized carbons (Fsp3) is 0.514. The summed E-state index contributed by atoms with van der Waals surface area (Å²) >= 11 is 0. The molecule has 3 aromatic carbocycles. The molecule has 1 heterocycles. The molecule has 0 amide bonds. The third kappa shape index (κ3) is 8.52. The first kappa shape index (κ1) is 30.9. The van der Waals surface area contributed by atoms with Crippen LogP contribution in [0.2, 0.25) is 0 Å². The highest BCUT2D eigenvalue weighted by Crippen LogP contribution is 2.36. The second-order valence-electron chi connectivity index (χ2n) is 12.1. The molecule has 0 bridgehead atoms. The summed E-state index contributed by atoms with van der Waals surface area (Å²) in [6.07, 6.45) is 4.58. The molecule has 1 aliphatic heterocycles. The molecule has 0 N–H and O–H groups in total. The SMILES string of the molecule is C[C@@H]1O[C@@H](O[C@H](C)[C@@H](C)C2CCCCC2)[C@@H](OCc2ccccc2)[C@H](OCc2ccccc2)[C@@H]1OCc1ccccc1. The standard InChI is InChI=1S/C37H48O5/c1-27(33-22-14-7-15-23-33)28(2)41-37-36(40-26-32-20-12-6-13-21-32)35(39-25-31-18-10-5-11-19-31)34(29(3)42-37)38-24-30-16-8-4-9-17-30/h4-6,8-13,16-21,27-29,33-37H,7,14-15,22-26H2,1-3H3/t27-,28-,29+,34-,35-,36+,37-/m1/s1. The first-order valence-corrected chi connectivity index (χ1v) is 15.9. The van der Waals surface area contributed by atoms with E-state index in [9.17, 15) is 0 Å². The molecule has 0 radical (unpaired) electrons. The largest absolute Gasteiger partial charge is 0.368 e. The van der Waals surface area contributed by atoms with Crippen molar-refractivity contribution in [3.05, 3.63) is 108 Å². The summed E-state index contributed by atoms with van der Waals surface area (Å²) in [5.74, 6) is 1.13. The van der Waals surface area contributed by atoms with Crippen LogP contribution in [-0.4, -0.2) is 36.8 Å². The van der Waals surface area contributed by atoms with Crippen LogP contribution < -0.4 is 0 Å². The first-order chi connectivity index (χ1) is 20.6. The quantitative estimate of drug-likeness (QED) is 0.207. The highest BCUT2D eigenvalue weighted by molar-refractivity contribution is 5.15. The van der Waals surface area contributed by atoms with Crippen LogP contribution in [0.5, 0.6) is 0 Å². The third-order valence-corrected chi connectivity index (χ3v) is 9.07. The Morgan fingerprint density at radius 3 is 1.57 bits per heavy atom. The van der Waals surface area contributed by atoms with E-state index in [0.29, 0.717) is 31.7 Å². The summed E-state index contributed by atoms with van der Waals surface area (Å²) in [4.78, 5) is 0. The first-order valence-electron chi connectivity index (χ1n) is 15.9. The van der Waals surface area contributed by atoms with Crippen molar-refractivity contribution in [1.29, 1.82) is 0 Å². The molecule has 226 valence electrons. The van der Waals surface area contributed by atoms with Gasteiger partial charge in [0.15, 0.2) is 6.29 Å². The van der Waals surface area contributed by atoms with Crippen LogP contribution in [0.4, 0.5) is 0 Å². The van der Waals surface area contributed by atoms with Gasteiger partial charge in [0.1, 0.15) is 18.3 Å². The highest BCUT2D eigenvalue weighted by atomic mass is 16.7. The lowest BCUT2D eigenvalue weighted by Crippen LogP contribution is -2.60. The maximum absolute atomic E-state index is 6.79. The summed E-state index contributed by atoms with van der Waals surface area (Å²) in [7, 11) is 0. The molecule has 5 heteroatoms. The van der Waals surface area contributed by atoms with E-state index in [4.69, 9.17) is 23.7 Å². The molecular weight excluding hydrogens is 524 g/mol. The molecule has 1 saturated heterocycles. The van der Waals surface area contributed by atoms with E-state index in [2.05, 4.69) is 57.2 Å². The van der Waals surface area contributed by atoms with Gasteiger partial charge in [0, 0.05) is 0 Å². The molecule has 2 aliphatic rings. The lowest BCUT2D eigenvalue weighted by Gasteiger charge is -2.46. The molecule has 2 fully saturated rings. The van der Waals surface area contributed by atoms with E-state index >= 15 is 0 Å². The minimum absolute atomic E-state index is 0.0321. The van der Waals surface area contributed by atoms with Crippen LogP contribution in [0.15, 0.2) is 91.0 Å². The number of hydrogen-bond acceptors (Lipinski definition) is 5. The third-order valence-electron chi connectivity index (χ3n) is 9.07. The van der Waals surface area contributed by atoms with Crippen LogP contribution in [0.25, 0.3) is 0 Å². The van der Waals surface area contributed by atoms with Crippen molar-refractivity contribution in [1.82, 2.24) is 0 Å². The van der Waals surface area contributed by atoms with Crippen LogP contribution in [0.1, 0.15) is 69.6 Å². The Morgan fingerprint density at radius 2 is 1.07 bits per heavy atom. The average molecular weight is 573 g/mol. The zero-order valence-corrected chi connectivity index (χ0v) is 25.5. The van der Waals surface area contributed by atoms with Crippen molar-refractivity contribution in [3.8, 4) is 0 Å². The summed E-state index contributed by atoms with van der Waals surface area (Å²) in [5, 5.41) is 0. The Morgan fingerprint density at radius 1 is 0.619 bits per heavy atom. The van der Waals surface area contributed by atoms with E-state index in [-0.39, 0.29) is 24.4 Å². The predicted molar refractivity (Wildman–Crippen MR) is 166 cm³/mol. The predicted octanol–water partition coefficient (Wildman–Crippen LogP) is 8.11. The smallest absolute Gasteiger partial charge is 0.187 e. The van der Waals surface area contributed by atoms with E-state index in [1.165, 1.54) is 32.1 Å². The van der Waals surface area contributed by atoms with Crippen molar-refractivity contribution in [2.45, 2.75) is 110 Å². The summed E-state index contributed by atoms with van der Waals surface area (Å²) in [5.41, 5.74) is 3.32. The van der Waals surface area contributed by atoms with Crippen molar-refractivity contribution < 1.29 is 23.7 Å². The maximum Gasteiger partial charge on any atom is 0.187 e. The van der Waals surface area contributed by atoms with Crippen LogP contribution in [0, 0.1) is 11.8 Å². The number of rotatable bonds is 13. The van der Waals surface area contributed by atoms with Gasteiger partial charge in [-0.05, 0) is 42.4 Å². The topological polar surface area (TPSA) is 46.2 Å². The van der Waals surface area contributed by atoms with Gasteiger partial charge in [-0.25, -0.2) is 0 Å². The summed E-state index contributed by atoms with van der Waals surface area (Å²) < 4.78 is 33.4. The van der Waals surface area contributed by atoms with Gasteiger partial charge in [-0.1, -0.05) is 130 Å². The lowest BCUT2D eigenvalue weighted by molar-refractivity contribution is -0.330. The molecule has 1 saturated carbocycles. The lowest BCUT2D eigenvalue weighted by atomic mass is 9.79. The monoisotopic (exact) mass is 572 g/mol. The van der Waals surface area contributed by atoms with E-state index in [0.717, 1.165) is 16.7 Å². The Kier molecular flexibility index (Phi) is 11.6. The second-order valence-corrected chi connectivity index (χ2v) is 12.1. The van der Waals surface area contributed by atoms with Crippen LogP contribution >= 0.6 is 0 Å². The molecule has 3 aromatic rings. The van der Waals surface area contributed by atoms with Crippen LogP contribution in [-0.2, 0) is 43.5 Å². The van der Waals surface area contributed by atoms with Gasteiger partial charge in [0.2, 0.25) is 0 Å². The number of benzene rings is 3. The maximum atomic E-state index is 6.79. The van der Waals surface area contributed by atoms with Gasteiger partial charge in [0.25, 0.3) is 0 Å². The molecule has 1 aliphatic carbocycles. The molecule has 5 nitrogen and oxygen atoms in total. The van der Waals surface area contributed by atoms with Gasteiger partial charge >= 0.3 is 0 Å².